The molecule has 1 rings (SSSR count). The molecule has 1 saturated carbocycles. The SMILES string of the molecule is C=C(Cl)CNS(=O)(=O)C1CCCC1. The lowest BCUT2D eigenvalue weighted by Gasteiger charge is -2.11. The van der Waals surface area contributed by atoms with E-state index in [0.717, 1.165) is 25.7 Å². The maximum atomic E-state index is 11.5. The van der Waals surface area contributed by atoms with Crippen molar-refractivity contribution >= 4 is 21.6 Å². The lowest BCUT2D eigenvalue weighted by Crippen LogP contribution is -2.33. The molecule has 0 heterocycles. The minimum atomic E-state index is -3.15. The van der Waals surface area contributed by atoms with E-state index < -0.39 is 10.0 Å². The van der Waals surface area contributed by atoms with Gasteiger partial charge in [-0.25, -0.2) is 13.1 Å². The first-order valence-corrected chi connectivity index (χ1v) is 6.26. The Bertz CT molecular complexity index is 281. The summed E-state index contributed by atoms with van der Waals surface area (Å²) in [6.07, 6.45) is 3.55. The van der Waals surface area contributed by atoms with Crippen LogP contribution in [0.1, 0.15) is 25.7 Å². The summed E-state index contributed by atoms with van der Waals surface area (Å²) in [4.78, 5) is 0. The lowest BCUT2D eigenvalue weighted by atomic mass is 10.4. The van der Waals surface area contributed by atoms with Crippen LogP contribution in [0.3, 0.4) is 0 Å². The average Bonchev–Trinajstić information content (AvgIpc) is 2.53. The van der Waals surface area contributed by atoms with Crippen LogP contribution in [0.15, 0.2) is 11.6 Å². The Morgan fingerprint density at radius 2 is 2.00 bits per heavy atom. The first-order valence-electron chi connectivity index (χ1n) is 4.34. The van der Waals surface area contributed by atoms with Crippen molar-refractivity contribution in [2.45, 2.75) is 30.9 Å². The third kappa shape index (κ3) is 3.29. The second-order valence-corrected chi connectivity index (χ2v) is 5.87. The highest BCUT2D eigenvalue weighted by Gasteiger charge is 2.27. The maximum Gasteiger partial charge on any atom is 0.214 e. The Morgan fingerprint density at radius 3 is 2.46 bits per heavy atom. The van der Waals surface area contributed by atoms with Crippen LogP contribution in [0, 0.1) is 0 Å². The summed E-state index contributed by atoms with van der Waals surface area (Å²) < 4.78 is 25.5. The van der Waals surface area contributed by atoms with Gasteiger partial charge < -0.3 is 0 Å². The smallest absolute Gasteiger partial charge is 0.212 e. The van der Waals surface area contributed by atoms with Gasteiger partial charge in [0.2, 0.25) is 10.0 Å². The van der Waals surface area contributed by atoms with Gasteiger partial charge in [-0.2, -0.15) is 0 Å². The van der Waals surface area contributed by atoms with E-state index in [-0.39, 0.29) is 11.8 Å². The van der Waals surface area contributed by atoms with Crippen LogP contribution in [0.25, 0.3) is 0 Å². The Morgan fingerprint density at radius 1 is 1.46 bits per heavy atom. The fraction of sp³-hybridized carbons (Fsp3) is 0.750. The molecule has 0 radical (unpaired) electrons. The summed E-state index contributed by atoms with van der Waals surface area (Å²) in [5.74, 6) is 0. The van der Waals surface area contributed by atoms with Crippen LogP contribution in [0.5, 0.6) is 0 Å². The Hall–Kier alpha value is -0.0600. The average molecular weight is 224 g/mol. The largest absolute Gasteiger partial charge is 0.214 e. The highest BCUT2D eigenvalue weighted by atomic mass is 35.5. The van der Waals surface area contributed by atoms with Gasteiger partial charge >= 0.3 is 0 Å². The zero-order chi connectivity index (χ0) is 9.90. The molecule has 0 aromatic rings. The first kappa shape index (κ1) is 11.0. The normalized spacial score (nSPS) is 19.2. The molecular formula is C8H14ClNO2S. The van der Waals surface area contributed by atoms with Crippen LogP contribution in [-0.4, -0.2) is 20.2 Å². The van der Waals surface area contributed by atoms with Crippen LogP contribution in [0.2, 0.25) is 0 Å². The van der Waals surface area contributed by atoms with Gasteiger partial charge in [0.1, 0.15) is 0 Å². The third-order valence-corrected chi connectivity index (χ3v) is 4.24. The fourth-order valence-corrected chi connectivity index (χ4v) is 3.21. The van der Waals surface area contributed by atoms with Gasteiger partial charge in [0.05, 0.1) is 5.25 Å². The zero-order valence-corrected chi connectivity index (χ0v) is 9.00. The highest BCUT2D eigenvalue weighted by Crippen LogP contribution is 2.23. The van der Waals surface area contributed by atoms with Gasteiger partial charge in [0, 0.05) is 11.6 Å². The van der Waals surface area contributed by atoms with Crippen molar-refractivity contribution in [2.24, 2.45) is 0 Å². The lowest BCUT2D eigenvalue weighted by molar-refractivity contribution is 0.568. The molecule has 0 spiro atoms. The minimum Gasteiger partial charge on any atom is -0.212 e. The molecule has 1 N–H and O–H groups in total. The summed E-state index contributed by atoms with van der Waals surface area (Å²) in [5, 5.41) is 0.102. The predicted molar refractivity (Wildman–Crippen MR) is 54.2 cm³/mol. The monoisotopic (exact) mass is 223 g/mol. The zero-order valence-electron chi connectivity index (χ0n) is 7.42. The van der Waals surface area contributed by atoms with Crippen LogP contribution < -0.4 is 4.72 Å². The van der Waals surface area contributed by atoms with E-state index in [1.165, 1.54) is 0 Å². The van der Waals surface area contributed by atoms with Gasteiger partial charge in [0.15, 0.2) is 0 Å². The molecule has 1 aliphatic carbocycles. The van der Waals surface area contributed by atoms with E-state index in [9.17, 15) is 8.42 Å². The minimum absolute atomic E-state index is 0.139. The summed E-state index contributed by atoms with van der Waals surface area (Å²) in [5.41, 5.74) is 0. The molecule has 0 aromatic carbocycles. The van der Waals surface area contributed by atoms with Gasteiger partial charge in [-0.1, -0.05) is 31.0 Å². The van der Waals surface area contributed by atoms with Gasteiger partial charge in [0.25, 0.3) is 0 Å². The summed E-state index contributed by atoms with van der Waals surface area (Å²) in [6.45, 7) is 3.56. The van der Waals surface area contributed by atoms with Crippen molar-refractivity contribution < 1.29 is 8.42 Å². The van der Waals surface area contributed by atoms with E-state index in [2.05, 4.69) is 11.3 Å². The Labute approximate surface area is 84.2 Å². The molecule has 76 valence electrons. The van der Waals surface area contributed by atoms with Gasteiger partial charge in [-0.15, -0.1) is 0 Å². The molecule has 5 heteroatoms. The quantitative estimate of drug-likeness (QED) is 0.787. The van der Waals surface area contributed by atoms with Gasteiger partial charge in [-0.05, 0) is 12.8 Å². The molecule has 13 heavy (non-hydrogen) atoms. The number of hydrogen-bond acceptors (Lipinski definition) is 2. The molecule has 0 bridgehead atoms. The van der Waals surface area contributed by atoms with E-state index in [4.69, 9.17) is 11.6 Å². The molecule has 0 atom stereocenters. The van der Waals surface area contributed by atoms with Crippen molar-refractivity contribution in [2.75, 3.05) is 6.54 Å². The highest BCUT2D eigenvalue weighted by molar-refractivity contribution is 7.90. The summed E-state index contributed by atoms with van der Waals surface area (Å²) in [7, 11) is -3.15. The molecule has 3 nitrogen and oxygen atoms in total. The molecule has 1 fully saturated rings. The van der Waals surface area contributed by atoms with E-state index in [1.807, 2.05) is 0 Å². The van der Waals surface area contributed by atoms with E-state index in [0.29, 0.717) is 5.03 Å². The third-order valence-electron chi connectivity index (χ3n) is 2.21. The number of sulfonamides is 1. The fourth-order valence-electron chi connectivity index (χ4n) is 1.50. The molecule has 0 amide bonds. The summed E-state index contributed by atoms with van der Waals surface area (Å²) in [6, 6.07) is 0. The second-order valence-electron chi connectivity index (χ2n) is 3.29. The molecule has 1 aliphatic rings. The van der Waals surface area contributed by atoms with Crippen molar-refractivity contribution in [1.82, 2.24) is 4.72 Å². The topological polar surface area (TPSA) is 46.2 Å². The number of nitrogens with one attached hydrogen (secondary N) is 1. The van der Waals surface area contributed by atoms with Crippen molar-refractivity contribution in [3.05, 3.63) is 11.6 Å². The summed E-state index contributed by atoms with van der Waals surface area (Å²) >= 11 is 5.47. The molecular weight excluding hydrogens is 210 g/mol. The molecule has 0 saturated heterocycles. The van der Waals surface area contributed by atoms with Crippen molar-refractivity contribution in [1.29, 1.82) is 0 Å². The molecule has 0 unspecified atom stereocenters. The van der Waals surface area contributed by atoms with Crippen LogP contribution in [0.4, 0.5) is 0 Å². The van der Waals surface area contributed by atoms with E-state index in [1.54, 1.807) is 0 Å². The predicted octanol–water partition coefficient (Wildman–Crippen LogP) is 1.60. The van der Waals surface area contributed by atoms with E-state index >= 15 is 0 Å². The molecule has 0 aromatic heterocycles. The number of halogens is 1. The van der Waals surface area contributed by atoms with Crippen molar-refractivity contribution in [3.8, 4) is 0 Å². The van der Waals surface area contributed by atoms with Crippen LogP contribution >= 0.6 is 11.6 Å². The maximum absolute atomic E-state index is 11.5. The number of hydrogen-bond donors (Lipinski definition) is 1. The van der Waals surface area contributed by atoms with Gasteiger partial charge in [-0.3, -0.25) is 0 Å². The first-order chi connectivity index (χ1) is 6.02. The van der Waals surface area contributed by atoms with Crippen LogP contribution in [-0.2, 0) is 10.0 Å². The van der Waals surface area contributed by atoms with Crippen molar-refractivity contribution in [3.63, 3.8) is 0 Å². The Kier molecular flexibility index (Phi) is 3.76. The Balaban J connectivity index is 2.50. The standard InChI is InChI=1S/C8H14ClNO2S/c1-7(9)6-10-13(11,12)8-4-2-3-5-8/h8,10H,1-6H2. The molecule has 0 aliphatic heterocycles. The number of rotatable bonds is 4. The second kappa shape index (κ2) is 4.44.